The predicted molar refractivity (Wildman–Crippen MR) is 142 cm³/mol. The summed E-state index contributed by atoms with van der Waals surface area (Å²) in [5.41, 5.74) is 2.52. The normalized spacial score (nSPS) is 20.7. The minimum Gasteiger partial charge on any atom is -0.508 e. The minimum atomic E-state index is -4.46. The largest absolute Gasteiger partial charge is 0.508 e. The van der Waals surface area contributed by atoms with Crippen molar-refractivity contribution in [2.45, 2.75) is 45.5 Å². The number of likely N-dealkylation sites (tertiary alicyclic amines) is 1. The first-order chi connectivity index (χ1) is 18.1. The number of alkyl halides is 3. The van der Waals surface area contributed by atoms with Crippen molar-refractivity contribution in [1.82, 2.24) is 4.90 Å². The van der Waals surface area contributed by atoms with Crippen LogP contribution in [0, 0.1) is 5.92 Å². The summed E-state index contributed by atoms with van der Waals surface area (Å²) in [6, 6.07) is 18.0. The first-order valence-electron chi connectivity index (χ1n) is 13.0. The standard InChI is InChI=1S/C31H32F3NO3/c1-19-13-14-35(17-19)20(2)18-37-26-10-7-22(8-11-26)30-29(23-5-4-6-24(15-23)31(32,33)34)21(3)27-16-25(36)9-12-28(27)38-30/h4-12,15-16,19-20,30,36H,13-14,17-18H2,1-3H3. The molecule has 0 amide bonds. The number of phenols is 1. The van der Waals surface area contributed by atoms with Crippen LogP contribution in [0.5, 0.6) is 17.2 Å². The number of allylic oxidation sites excluding steroid dienone is 1. The molecule has 1 N–H and O–H groups in total. The van der Waals surface area contributed by atoms with Crippen molar-refractivity contribution in [3.05, 3.63) is 89.0 Å². The van der Waals surface area contributed by atoms with E-state index >= 15 is 0 Å². The topological polar surface area (TPSA) is 41.9 Å². The maximum Gasteiger partial charge on any atom is 0.416 e. The van der Waals surface area contributed by atoms with Gasteiger partial charge in [0, 0.05) is 23.7 Å². The van der Waals surface area contributed by atoms with E-state index in [1.54, 1.807) is 18.2 Å². The number of benzene rings is 3. The Morgan fingerprint density at radius 2 is 1.84 bits per heavy atom. The molecule has 4 nitrogen and oxygen atoms in total. The smallest absolute Gasteiger partial charge is 0.416 e. The molecule has 3 aromatic rings. The lowest BCUT2D eigenvalue weighted by atomic mass is 9.85. The van der Waals surface area contributed by atoms with Crippen molar-refractivity contribution in [3.8, 4) is 17.2 Å². The van der Waals surface area contributed by atoms with Gasteiger partial charge in [0.25, 0.3) is 0 Å². The molecule has 0 bridgehead atoms. The number of rotatable bonds is 6. The number of phenolic OH excluding ortho intramolecular Hbond substituents is 1. The van der Waals surface area contributed by atoms with Gasteiger partial charge in [-0.3, -0.25) is 4.90 Å². The summed E-state index contributed by atoms with van der Waals surface area (Å²) in [5, 5.41) is 10.1. The van der Waals surface area contributed by atoms with E-state index < -0.39 is 17.8 Å². The van der Waals surface area contributed by atoms with Crippen LogP contribution in [0.25, 0.3) is 11.1 Å². The van der Waals surface area contributed by atoms with E-state index in [-0.39, 0.29) is 5.75 Å². The lowest BCUT2D eigenvalue weighted by Crippen LogP contribution is -2.35. The molecule has 1 fully saturated rings. The van der Waals surface area contributed by atoms with E-state index in [1.165, 1.54) is 18.6 Å². The van der Waals surface area contributed by atoms with E-state index in [4.69, 9.17) is 9.47 Å². The zero-order chi connectivity index (χ0) is 27.0. The average Bonchev–Trinajstić information content (AvgIpc) is 3.34. The molecule has 0 spiro atoms. The Labute approximate surface area is 221 Å². The van der Waals surface area contributed by atoms with Crippen LogP contribution in [0.15, 0.2) is 66.7 Å². The second kappa shape index (κ2) is 10.4. The second-order valence-electron chi connectivity index (χ2n) is 10.4. The number of ether oxygens (including phenoxy) is 2. The van der Waals surface area contributed by atoms with Gasteiger partial charge in [-0.05, 0) is 91.9 Å². The third kappa shape index (κ3) is 5.39. The van der Waals surface area contributed by atoms with Gasteiger partial charge in [-0.1, -0.05) is 31.2 Å². The molecule has 5 rings (SSSR count). The number of fused-ring (bicyclic) bond motifs is 1. The van der Waals surface area contributed by atoms with Crippen LogP contribution in [0.2, 0.25) is 0 Å². The fraction of sp³-hybridized carbons (Fsp3) is 0.355. The molecule has 0 aromatic heterocycles. The molecule has 2 aliphatic heterocycles. The Hall–Kier alpha value is -3.45. The Bertz CT molecular complexity index is 1330. The minimum absolute atomic E-state index is 0.0626. The number of hydrogen-bond donors (Lipinski definition) is 1. The third-order valence-electron chi connectivity index (χ3n) is 7.53. The first-order valence-corrected chi connectivity index (χ1v) is 13.0. The maximum absolute atomic E-state index is 13.5. The van der Waals surface area contributed by atoms with E-state index in [0.717, 1.165) is 42.1 Å². The van der Waals surface area contributed by atoms with Gasteiger partial charge in [-0.15, -0.1) is 0 Å². The van der Waals surface area contributed by atoms with Gasteiger partial charge in [0.05, 0.1) is 5.56 Å². The van der Waals surface area contributed by atoms with Crippen LogP contribution < -0.4 is 9.47 Å². The second-order valence-corrected chi connectivity index (χ2v) is 10.4. The van der Waals surface area contributed by atoms with Crippen LogP contribution in [0.4, 0.5) is 13.2 Å². The Morgan fingerprint density at radius 1 is 1.08 bits per heavy atom. The zero-order valence-corrected chi connectivity index (χ0v) is 21.8. The predicted octanol–water partition coefficient (Wildman–Crippen LogP) is 7.58. The van der Waals surface area contributed by atoms with Gasteiger partial charge >= 0.3 is 6.18 Å². The monoisotopic (exact) mass is 523 g/mol. The summed E-state index contributed by atoms with van der Waals surface area (Å²) in [6.45, 7) is 9.05. The maximum atomic E-state index is 13.5. The van der Waals surface area contributed by atoms with Gasteiger partial charge in [-0.25, -0.2) is 0 Å². The van der Waals surface area contributed by atoms with Gasteiger partial charge in [0.2, 0.25) is 0 Å². The lowest BCUT2D eigenvalue weighted by Gasteiger charge is -2.31. The van der Waals surface area contributed by atoms with Gasteiger partial charge in [0.15, 0.2) is 0 Å². The van der Waals surface area contributed by atoms with Crippen LogP contribution in [-0.4, -0.2) is 35.7 Å². The molecule has 3 unspecified atom stereocenters. The summed E-state index contributed by atoms with van der Waals surface area (Å²) in [4.78, 5) is 2.44. The van der Waals surface area contributed by atoms with Crippen molar-refractivity contribution in [3.63, 3.8) is 0 Å². The van der Waals surface area contributed by atoms with Gasteiger partial charge in [0.1, 0.15) is 30.0 Å². The Morgan fingerprint density at radius 3 is 2.53 bits per heavy atom. The highest BCUT2D eigenvalue weighted by molar-refractivity contribution is 5.95. The molecule has 2 aliphatic rings. The third-order valence-corrected chi connectivity index (χ3v) is 7.53. The molecule has 0 radical (unpaired) electrons. The highest BCUT2D eigenvalue weighted by Crippen LogP contribution is 2.48. The molecule has 38 heavy (non-hydrogen) atoms. The zero-order valence-electron chi connectivity index (χ0n) is 21.8. The highest BCUT2D eigenvalue weighted by Gasteiger charge is 2.34. The summed E-state index contributed by atoms with van der Waals surface area (Å²) in [5.74, 6) is 2.07. The van der Waals surface area contributed by atoms with E-state index in [2.05, 4.69) is 18.7 Å². The summed E-state index contributed by atoms with van der Waals surface area (Å²) in [6.07, 6.45) is -3.88. The van der Waals surface area contributed by atoms with Crippen LogP contribution >= 0.6 is 0 Å². The fourth-order valence-corrected chi connectivity index (χ4v) is 5.34. The van der Waals surface area contributed by atoms with E-state index in [9.17, 15) is 18.3 Å². The molecule has 0 saturated carbocycles. The molecular formula is C31H32F3NO3. The summed E-state index contributed by atoms with van der Waals surface area (Å²) < 4.78 is 53.0. The van der Waals surface area contributed by atoms with Crippen molar-refractivity contribution in [2.24, 2.45) is 5.92 Å². The Kier molecular flexibility index (Phi) is 7.14. The molecule has 0 aliphatic carbocycles. The molecule has 2 heterocycles. The van der Waals surface area contributed by atoms with Crippen LogP contribution in [0.1, 0.15) is 55.5 Å². The van der Waals surface area contributed by atoms with Gasteiger partial charge in [-0.2, -0.15) is 13.2 Å². The van der Waals surface area contributed by atoms with Crippen molar-refractivity contribution < 1.29 is 27.8 Å². The van der Waals surface area contributed by atoms with Crippen molar-refractivity contribution in [2.75, 3.05) is 19.7 Å². The molecule has 7 heteroatoms. The quantitative estimate of drug-likeness (QED) is 0.362. The fourth-order valence-electron chi connectivity index (χ4n) is 5.34. The first kappa shape index (κ1) is 26.2. The van der Waals surface area contributed by atoms with Crippen LogP contribution in [-0.2, 0) is 6.18 Å². The van der Waals surface area contributed by atoms with E-state index in [1.807, 2.05) is 31.2 Å². The van der Waals surface area contributed by atoms with E-state index in [0.29, 0.717) is 41.0 Å². The molecular weight excluding hydrogens is 491 g/mol. The number of halogens is 3. The molecule has 1 saturated heterocycles. The molecule has 3 atom stereocenters. The molecule has 200 valence electrons. The van der Waals surface area contributed by atoms with Crippen molar-refractivity contribution >= 4 is 11.1 Å². The number of aromatic hydroxyl groups is 1. The Balaban J connectivity index is 1.44. The van der Waals surface area contributed by atoms with Crippen LogP contribution in [0.3, 0.4) is 0 Å². The average molecular weight is 524 g/mol. The SMILES string of the molecule is CC1=C(c2cccc(C(F)(F)F)c2)C(c2ccc(OCC(C)N3CCC(C)C3)cc2)Oc2ccc(O)cc21. The summed E-state index contributed by atoms with van der Waals surface area (Å²) in [7, 11) is 0. The van der Waals surface area contributed by atoms with Gasteiger partial charge < -0.3 is 14.6 Å². The molecule has 3 aromatic carbocycles. The lowest BCUT2D eigenvalue weighted by molar-refractivity contribution is -0.137. The number of nitrogens with zero attached hydrogens (tertiary/aromatic N) is 1. The van der Waals surface area contributed by atoms with Crippen molar-refractivity contribution in [1.29, 1.82) is 0 Å². The highest BCUT2D eigenvalue weighted by atomic mass is 19.4. The number of hydrogen-bond acceptors (Lipinski definition) is 4. The summed E-state index contributed by atoms with van der Waals surface area (Å²) >= 11 is 0.